The van der Waals surface area contributed by atoms with E-state index in [0.29, 0.717) is 12.2 Å². The maximum Gasteiger partial charge on any atom is 0.163 e. The van der Waals surface area contributed by atoms with E-state index in [1.165, 1.54) is 0 Å². The normalized spacial score (nSPS) is 11.2. The Bertz CT molecular complexity index is 1410. The summed E-state index contributed by atoms with van der Waals surface area (Å²) in [4.78, 5) is 14.0. The van der Waals surface area contributed by atoms with Gasteiger partial charge >= 0.3 is 0 Å². The predicted molar refractivity (Wildman–Crippen MR) is 124 cm³/mol. The summed E-state index contributed by atoms with van der Waals surface area (Å²) in [6, 6.07) is 16.2. The number of para-hydroxylation sites is 1. The molecule has 0 atom stereocenters. The van der Waals surface area contributed by atoms with Crippen LogP contribution in [-0.2, 0) is 20.5 Å². The molecule has 0 saturated heterocycles. The van der Waals surface area contributed by atoms with Crippen molar-refractivity contribution in [2.24, 2.45) is 14.1 Å². The molecule has 0 unspecified atom stereocenters. The SMILES string of the molecule is COc1ccccc1-c1ncc2c(n1)c(Cc1ccc(-c3nc(C)cn3C)cc1)nn2C. The first-order chi connectivity index (χ1) is 15.5. The fraction of sp³-hybridized carbons (Fsp3) is 0.200. The van der Waals surface area contributed by atoms with Crippen LogP contribution in [0, 0.1) is 6.92 Å². The molecular weight excluding hydrogens is 400 g/mol. The van der Waals surface area contributed by atoms with Gasteiger partial charge < -0.3 is 9.30 Å². The molecule has 5 rings (SSSR count). The van der Waals surface area contributed by atoms with Crippen LogP contribution in [0.2, 0.25) is 0 Å². The lowest BCUT2D eigenvalue weighted by Gasteiger charge is -2.07. The van der Waals surface area contributed by atoms with E-state index >= 15 is 0 Å². The third-order valence-electron chi connectivity index (χ3n) is 5.59. The zero-order valence-electron chi connectivity index (χ0n) is 18.6. The number of benzene rings is 2. The molecule has 0 aliphatic heterocycles. The second-order valence-corrected chi connectivity index (χ2v) is 7.89. The van der Waals surface area contributed by atoms with E-state index in [4.69, 9.17) is 14.8 Å². The minimum absolute atomic E-state index is 0.629. The molecule has 0 N–H and O–H groups in total. The van der Waals surface area contributed by atoms with Crippen molar-refractivity contribution in [2.75, 3.05) is 7.11 Å². The van der Waals surface area contributed by atoms with Crippen molar-refractivity contribution >= 4 is 11.0 Å². The van der Waals surface area contributed by atoms with Crippen molar-refractivity contribution in [1.82, 2.24) is 29.3 Å². The van der Waals surface area contributed by atoms with Crippen molar-refractivity contribution in [2.45, 2.75) is 13.3 Å². The van der Waals surface area contributed by atoms with Crippen LogP contribution < -0.4 is 4.74 Å². The second-order valence-electron chi connectivity index (χ2n) is 7.89. The Labute approximate surface area is 186 Å². The first-order valence-electron chi connectivity index (χ1n) is 10.4. The molecule has 0 aliphatic carbocycles. The van der Waals surface area contributed by atoms with E-state index in [1.54, 1.807) is 7.11 Å². The third-order valence-corrected chi connectivity index (χ3v) is 5.59. The van der Waals surface area contributed by atoms with Crippen molar-refractivity contribution < 1.29 is 4.74 Å². The van der Waals surface area contributed by atoms with Crippen molar-refractivity contribution in [3.8, 4) is 28.5 Å². The fourth-order valence-corrected chi connectivity index (χ4v) is 4.03. The van der Waals surface area contributed by atoms with Crippen molar-refractivity contribution in [3.63, 3.8) is 0 Å². The van der Waals surface area contributed by atoms with E-state index in [2.05, 4.69) is 34.2 Å². The number of aromatic nitrogens is 6. The smallest absolute Gasteiger partial charge is 0.163 e. The van der Waals surface area contributed by atoms with E-state index in [0.717, 1.165) is 50.7 Å². The lowest BCUT2D eigenvalue weighted by molar-refractivity contribution is 0.416. The summed E-state index contributed by atoms with van der Waals surface area (Å²) in [6.07, 6.45) is 4.54. The number of ether oxygens (including phenoxy) is 1. The van der Waals surface area contributed by atoms with Gasteiger partial charge in [0.15, 0.2) is 5.82 Å². The Morgan fingerprint density at radius 2 is 1.75 bits per heavy atom. The van der Waals surface area contributed by atoms with Gasteiger partial charge in [0.2, 0.25) is 0 Å². The summed E-state index contributed by atoms with van der Waals surface area (Å²) in [5, 5.41) is 4.73. The summed E-state index contributed by atoms with van der Waals surface area (Å²) in [5.41, 5.74) is 6.80. The maximum absolute atomic E-state index is 5.49. The predicted octanol–water partition coefficient (Wildman–Crippen LogP) is 4.34. The summed E-state index contributed by atoms with van der Waals surface area (Å²) in [7, 11) is 5.59. The van der Waals surface area contributed by atoms with Crippen LogP contribution in [0.5, 0.6) is 5.75 Å². The molecule has 0 saturated carbocycles. The van der Waals surface area contributed by atoms with Crippen LogP contribution in [0.3, 0.4) is 0 Å². The van der Waals surface area contributed by atoms with Gasteiger partial charge in [-0.05, 0) is 24.6 Å². The minimum Gasteiger partial charge on any atom is -0.496 e. The van der Waals surface area contributed by atoms with Gasteiger partial charge in [0, 0.05) is 32.3 Å². The largest absolute Gasteiger partial charge is 0.496 e. The Morgan fingerprint density at radius 3 is 2.47 bits per heavy atom. The highest BCUT2D eigenvalue weighted by molar-refractivity contribution is 5.80. The molecule has 7 heteroatoms. The molecule has 32 heavy (non-hydrogen) atoms. The van der Waals surface area contributed by atoms with Gasteiger partial charge in [-0.2, -0.15) is 5.10 Å². The highest BCUT2D eigenvalue weighted by Crippen LogP contribution is 2.29. The summed E-state index contributed by atoms with van der Waals surface area (Å²) in [6.45, 7) is 2.01. The average Bonchev–Trinajstić information content (AvgIpc) is 3.31. The van der Waals surface area contributed by atoms with E-state index < -0.39 is 0 Å². The van der Waals surface area contributed by atoms with E-state index in [1.807, 2.05) is 66.9 Å². The highest BCUT2D eigenvalue weighted by Gasteiger charge is 2.15. The van der Waals surface area contributed by atoms with E-state index in [-0.39, 0.29) is 0 Å². The number of nitrogens with zero attached hydrogens (tertiary/aromatic N) is 6. The third kappa shape index (κ3) is 3.51. The van der Waals surface area contributed by atoms with E-state index in [9.17, 15) is 0 Å². The van der Waals surface area contributed by atoms with Gasteiger partial charge in [-0.3, -0.25) is 4.68 Å². The van der Waals surface area contributed by atoms with Crippen LogP contribution in [0.15, 0.2) is 60.9 Å². The molecule has 3 aromatic heterocycles. The average molecular weight is 425 g/mol. The van der Waals surface area contributed by atoms with Crippen LogP contribution in [-0.4, -0.2) is 36.4 Å². The lowest BCUT2D eigenvalue weighted by atomic mass is 10.1. The Balaban J connectivity index is 1.50. The molecule has 3 heterocycles. The van der Waals surface area contributed by atoms with Crippen LogP contribution in [0.25, 0.3) is 33.8 Å². The number of methoxy groups -OCH3 is 1. The van der Waals surface area contributed by atoms with Gasteiger partial charge in [0.25, 0.3) is 0 Å². The van der Waals surface area contributed by atoms with Gasteiger partial charge in [-0.1, -0.05) is 36.4 Å². The van der Waals surface area contributed by atoms with Crippen molar-refractivity contribution in [1.29, 1.82) is 0 Å². The monoisotopic (exact) mass is 424 g/mol. The minimum atomic E-state index is 0.629. The maximum atomic E-state index is 5.49. The van der Waals surface area contributed by atoms with Crippen LogP contribution in [0.4, 0.5) is 0 Å². The van der Waals surface area contributed by atoms with Crippen molar-refractivity contribution in [3.05, 3.63) is 77.9 Å². The summed E-state index contributed by atoms with van der Waals surface area (Å²) >= 11 is 0. The number of hydrogen-bond donors (Lipinski definition) is 0. The van der Waals surface area contributed by atoms with Crippen LogP contribution in [0.1, 0.15) is 17.0 Å². The number of imidazole rings is 1. The van der Waals surface area contributed by atoms with Gasteiger partial charge in [-0.25, -0.2) is 15.0 Å². The first kappa shape index (κ1) is 19.9. The van der Waals surface area contributed by atoms with Gasteiger partial charge in [0.05, 0.1) is 30.3 Å². The highest BCUT2D eigenvalue weighted by atomic mass is 16.5. The molecule has 0 fully saturated rings. The number of fused-ring (bicyclic) bond motifs is 1. The summed E-state index contributed by atoms with van der Waals surface area (Å²) in [5.74, 6) is 2.34. The molecule has 7 nitrogen and oxygen atoms in total. The first-order valence-corrected chi connectivity index (χ1v) is 10.4. The Kier molecular flexibility index (Phi) is 4.93. The molecule has 5 aromatic rings. The number of aryl methyl sites for hydroxylation is 3. The molecule has 0 aliphatic rings. The standard InChI is InChI=1S/C25H24N6O/c1-16-15-30(2)25(27-16)18-11-9-17(10-12-18)13-20-23-21(31(3)29-20)14-26-24(28-23)19-7-5-6-8-22(19)32-4/h5-12,14-15H,13H2,1-4H3. The van der Waals surface area contributed by atoms with Gasteiger partial charge in [0.1, 0.15) is 22.6 Å². The molecule has 0 radical (unpaired) electrons. The molecule has 0 amide bonds. The molecule has 2 aromatic carbocycles. The molecule has 0 spiro atoms. The number of rotatable bonds is 5. The molecule has 0 bridgehead atoms. The topological polar surface area (TPSA) is 70.7 Å². The number of hydrogen-bond acceptors (Lipinski definition) is 5. The Morgan fingerprint density at radius 1 is 0.969 bits per heavy atom. The fourth-order valence-electron chi connectivity index (χ4n) is 4.03. The summed E-state index contributed by atoms with van der Waals surface area (Å²) < 4.78 is 9.38. The van der Waals surface area contributed by atoms with Gasteiger partial charge in [-0.15, -0.1) is 0 Å². The molecule has 160 valence electrons. The molecular formula is C25H24N6O. The lowest BCUT2D eigenvalue weighted by Crippen LogP contribution is -1.95. The van der Waals surface area contributed by atoms with Crippen LogP contribution >= 0.6 is 0 Å². The zero-order valence-corrected chi connectivity index (χ0v) is 18.6. The zero-order chi connectivity index (χ0) is 22.2. The quantitative estimate of drug-likeness (QED) is 0.420. The Hall–Kier alpha value is -4.00. The second kappa shape index (κ2) is 7.92.